The SMILES string of the molecule is O=C(CN(Cc1ccco1)c1ccccc1)NC1CCS(=O)(=O)C1. The van der Waals surface area contributed by atoms with Crippen molar-refractivity contribution in [1.29, 1.82) is 0 Å². The number of furan rings is 1. The summed E-state index contributed by atoms with van der Waals surface area (Å²) in [6.45, 7) is 0.606. The highest BCUT2D eigenvalue weighted by Gasteiger charge is 2.29. The molecule has 0 bridgehead atoms. The molecule has 128 valence electrons. The lowest BCUT2D eigenvalue weighted by atomic mass is 10.2. The standard InChI is InChI=1S/C17H20N2O4S/c20-17(18-14-8-10-24(21,22)13-14)12-19(11-16-7-4-9-23-16)15-5-2-1-3-6-15/h1-7,9,14H,8,10-13H2,(H,18,20). The summed E-state index contributed by atoms with van der Waals surface area (Å²) < 4.78 is 28.4. The summed E-state index contributed by atoms with van der Waals surface area (Å²) in [7, 11) is -3.01. The molecule has 0 radical (unpaired) electrons. The average molecular weight is 348 g/mol. The molecule has 2 aromatic rings. The molecule has 1 atom stereocenters. The maximum absolute atomic E-state index is 12.3. The maximum atomic E-state index is 12.3. The minimum absolute atomic E-state index is 0.0300. The quantitative estimate of drug-likeness (QED) is 0.857. The first-order valence-corrected chi connectivity index (χ1v) is 9.66. The molecule has 1 aliphatic rings. The molecule has 1 N–H and O–H groups in total. The third kappa shape index (κ3) is 4.38. The van der Waals surface area contributed by atoms with Gasteiger partial charge in [0.15, 0.2) is 9.84 Å². The number of carbonyl (C=O) groups is 1. The smallest absolute Gasteiger partial charge is 0.239 e. The van der Waals surface area contributed by atoms with Gasteiger partial charge < -0.3 is 14.6 Å². The van der Waals surface area contributed by atoms with Gasteiger partial charge in [0.05, 0.1) is 30.9 Å². The number of sulfone groups is 1. The number of nitrogens with one attached hydrogen (secondary N) is 1. The fraction of sp³-hybridized carbons (Fsp3) is 0.353. The Labute approximate surface area is 141 Å². The Morgan fingerprint density at radius 1 is 1.21 bits per heavy atom. The molecule has 0 aliphatic carbocycles. The number of nitrogens with zero attached hydrogens (tertiary/aromatic N) is 1. The monoisotopic (exact) mass is 348 g/mol. The lowest BCUT2D eigenvalue weighted by Gasteiger charge is -2.24. The molecular weight excluding hydrogens is 328 g/mol. The number of rotatable bonds is 6. The van der Waals surface area contributed by atoms with Gasteiger partial charge in [-0.15, -0.1) is 0 Å². The largest absolute Gasteiger partial charge is 0.467 e. The van der Waals surface area contributed by atoms with Gasteiger partial charge in [0.25, 0.3) is 0 Å². The van der Waals surface area contributed by atoms with Crippen molar-refractivity contribution >= 4 is 21.4 Å². The minimum Gasteiger partial charge on any atom is -0.467 e. The molecule has 1 saturated heterocycles. The normalized spacial score (nSPS) is 19.1. The Balaban J connectivity index is 1.66. The summed E-state index contributed by atoms with van der Waals surface area (Å²) in [5.41, 5.74) is 0.906. The summed E-state index contributed by atoms with van der Waals surface area (Å²) >= 11 is 0. The van der Waals surface area contributed by atoms with Crippen LogP contribution >= 0.6 is 0 Å². The maximum Gasteiger partial charge on any atom is 0.239 e. The Morgan fingerprint density at radius 3 is 2.62 bits per heavy atom. The molecule has 1 fully saturated rings. The van der Waals surface area contributed by atoms with Crippen LogP contribution in [0, 0.1) is 0 Å². The van der Waals surface area contributed by atoms with Crippen LogP contribution in [0.2, 0.25) is 0 Å². The Kier molecular flexibility index (Phi) is 4.89. The first-order chi connectivity index (χ1) is 11.5. The second-order valence-electron chi connectivity index (χ2n) is 5.94. The van der Waals surface area contributed by atoms with Gasteiger partial charge in [0.2, 0.25) is 5.91 Å². The zero-order chi connectivity index (χ0) is 17.0. The van der Waals surface area contributed by atoms with Gasteiger partial charge in [0.1, 0.15) is 5.76 Å². The fourth-order valence-corrected chi connectivity index (χ4v) is 4.50. The summed E-state index contributed by atoms with van der Waals surface area (Å²) in [6.07, 6.45) is 2.08. The lowest BCUT2D eigenvalue weighted by Crippen LogP contribution is -2.42. The molecule has 0 spiro atoms. The summed E-state index contributed by atoms with van der Waals surface area (Å²) in [5.74, 6) is 0.747. The van der Waals surface area contributed by atoms with Crippen LogP contribution in [0.25, 0.3) is 0 Å². The average Bonchev–Trinajstić information content (AvgIpc) is 3.17. The zero-order valence-corrected chi connectivity index (χ0v) is 14.0. The predicted molar refractivity (Wildman–Crippen MR) is 91.4 cm³/mol. The van der Waals surface area contributed by atoms with Crippen molar-refractivity contribution < 1.29 is 17.6 Å². The lowest BCUT2D eigenvalue weighted by molar-refractivity contribution is -0.120. The summed E-state index contributed by atoms with van der Waals surface area (Å²) in [4.78, 5) is 14.2. The number of amides is 1. The molecule has 3 rings (SSSR count). The van der Waals surface area contributed by atoms with Crippen molar-refractivity contribution in [1.82, 2.24) is 5.32 Å². The van der Waals surface area contributed by atoms with Gasteiger partial charge in [-0.2, -0.15) is 0 Å². The highest BCUT2D eigenvalue weighted by atomic mass is 32.2. The number of carbonyl (C=O) groups excluding carboxylic acids is 1. The molecule has 7 heteroatoms. The van der Waals surface area contributed by atoms with Crippen LogP contribution in [0.4, 0.5) is 5.69 Å². The van der Waals surface area contributed by atoms with E-state index in [1.54, 1.807) is 6.26 Å². The van der Waals surface area contributed by atoms with Crippen molar-refractivity contribution in [2.45, 2.75) is 19.0 Å². The molecular formula is C17H20N2O4S. The number of anilines is 1. The Bertz CT molecular complexity index is 772. The van der Waals surface area contributed by atoms with E-state index in [0.29, 0.717) is 13.0 Å². The third-order valence-electron chi connectivity index (χ3n) is 3.98. The van der Waals surface area contributed by atoms with Crippen LogP contribution in [0.5, 0.6) is 0 Å². The van der Waals surface area contributed by atoms with Crippen LogP contribution in [0.15, 0.2) is 53.1 Å². The number of benzene rings is 1. The van der Waals surface area contributed by atoms with Crippen LogP contribution in [0.3, 0.4) is 0 Å². The predicted octanol–water partition coefficient (Wildman–Crippen LogP) is 1.59. The second kappa shape index (κ2) is 7.09. The highest BCUT2D eigenvalue weighted by Crippen LogP contribution is 2.17. The first kappa shape index (κ1) is 16.6. The molecule has 1 aromatic carbocycles. The molecule has 1 aliphatic heterocycles. The Hall–Kier alpha value is -2.28. The van der Waals surface area contributed by atoms with Gasteiger partial charge in [-0.1, -0.05) is 18.2 Å². The number of hydrogen-bond acceptors (Lipinski definition) is 5. The third-order valence-corrected chi connectivity index (χ3v) is 5.75. The van der Waals surface area contributed by atoms with Crippen molar-refractivity contribution in [3.8, 4) is 0 Å². The van der Waals surface area contributed by atoms with Gasteiger partial charge in [0, 0.05) is 11.7 Å². The molecule has 0 saturated carbocycles. The minimum atomic E-state index is -3.01. The molecule has 6 nitrogen and oxygen atoms in total. The molecule has 1 amide bonds. The van der Waals surface area contributed by atoms with Gasteiger partial charge in [-0.25, -0.2) is 8.42 Å². The fourth-order valence-electron chi connectivity index (χ4n) is 2.82. The number of hydrogen-bond donors (Lipinski definition) is 1. The first-order valence-electron chi connectivity index (χ1n) is 7.84. The van der Waals surface area contributed by atoms with E-state index in [1.807, 2.05) is 47.4 Å². The van der Waals surface area contributed by atoms with E-state index >= 15 is 0 Å². The van der Waals surface area contributed by atoms with E-state index in [2.05, 4.69) is 5.32 Å². The number of para-hydroxylation sites is 1. The van der Waals surface area contributed by atoms with Crippen molar-refractivity contribution in [2.24, 2.45) is 0 Å². The van der Waals surface area contributed by atoms with E-state index in [1.165, 1.54) is 0 Å². The van der Waals surface area contributed by atoms with Crippen LogP contribution in [-0.4, -0.2) is 38.4 Å². The molecule has 24 heavy (non-hydrogen) atoms. The highest BCUT2D eigenvalue weighted by molar-refractivity contribution is 7.91. The zero-order valence-electron chi connectivity index (χ0n) is 13.2. The van der Waals surface area contributed by atoms with Gasteiger partial charge >= 0.3 is 0 Å². The topological polar surface area (TPSA) is 79.6 Å². The molecule has 1 unspecified atom stereocenters. The second-order valence-corrected chi connectivity index (χ2v) is 8.17. The van der Waals surface area contributed by atoms with Crippen LogP contribution in [-0.2, 0) is 21.2 Å². The van der Waals surface area contributed by atoms with Crippen molar-refractivity contribution in [3.63, 3.8) is 0 Å². The summed E-state index contributed by atoms with van der Waals surface area (Å²) in [6, 6.07) is 13.0. The Morgan fingerprint density at radius 2 is 2.00 bits per heavy atom. The van der Waals surface area contributed by atoms with E-state index in [0.717, 1.165) is 11.4 Å². The van der Waals surface area contributed by atoms with E-state index in [9.17, 15) is 13.2 Å². The van der Waals surface area contributed by atoms with Crippen molar-refractivity contribution in [2.75, 3.05) is 23.0 Å². The molecule has 1 aromatic heterocycles. The molecule has 2 heterocycles. The van der Waals surface area contributed by atoms with E-state index < -0.39 is 9.84 Å². The van der Waals surface area contributed by atoms with Crippen LogP contribution in [0.1, 0.15) is 12.2 Å². The van der Waals surface area contributed by atoms with E-state index in [4.69, 9.17) is 4.42 Å². The summed E-state index contributed by atoms with van der Waals surface area (Å²) in [5, 5.41) is 2.82. The van der Waals surface area contributed by atoms with Crippen molar-refractivity contribution in [3.05, 3.63) is 54.5 Å². The van der Waals surface area contributed by atoms with Gasteiger partial charge in [-0.05, 0) is 30.7 Å². The van der Waals surface area contributed by atoms with E-state index in [-0.39, 0.29) is 30.0 Å². The van der Waals surface area contributed by atoms with Crippen LogP contribution < -0.4 is 10.2 Å². The van der Waals surface area contributed by atoms with Gasteiger partial charge in [-0.3, -0.25) is 4.79 Å².